The lowest BCUT2D eigenvalue weighted by Gasteiger charge is -2.15. The zero-order valence-electron chi connectivity index (χ0n) is 12.4. The fraction of sp³-hybridized carbons (Fsp3) is 0.500. The van der Waals surface area contributed by atoms with Gasteiger partial charge in [-0.1, -0.05) is 11.3 Å². The van der Waals surface area contributed by atoms with Crippen molar-refractivity contribution in [1.29, 1.82) is 0 Å². The van der Waals surface area contributed by atoms with E-state index in [1.807, 2.05) is 39.2 Å². The second-order valence-corrected chi connectivity index (χ2v) is 6.54. The number of anilines is 1. The van der Waals surface area contributed by atoms with Crippen molar-refractivity contribution in [3.63, 3.8) is 0 Å². The molecule has 0 aromatic carbocycles. The normalized spacial score (nSPS) is 9.90. The van der Waals surface area contributed by atoms with Crippen LogP contribution in [0.1, 0.15) is 9.67 Å². The van der Waals surface area contributed by atoms with Gasteiger partial charge < -0.3 is 15.1 Å². The Morgan fingerprint density at radius 3 is 2.48 bits per heavy atom. The van der Waals surface area contributed by atoms with E-state index < -0.39 is 0 Å². The highest BCUT2D eigenvalue weighted by Crippen LogP contribution is 2.34. The molecule has 0 atom stereocenters. The quantitative estimate of drug-likeness (QED) is 0.878. The number of carbonyl (C=O) groups excluding carboxylic acids is 1. The number of hydrogen-bond acceptors (Lipinski definition) is 6. The molecule has 0 radical (unpaired) electrons. The molecule has 0 bridgehead atoms. The number of rotatable bonds is 5. The molecule has 2 heterocycles. The van der Waals surface area contributed by atoms with E-state index in [2.05, 4.69) is 10.3 Å². The summed E-state index contributed by atoms with van der Waals surface area (Å²) in [4.78, 5) is 22.2. The van der Waals surface area contributed by atoms with Gasteiger partial charge in [-0.3, -0.25) is 4.79 Å². The second-order valence-electron chi connectivity index (χ2n) is 4.50. The van der Waals surface area contributed by atoms with Gasteiger partial charge in [0.1, 0.15) is 4.83 Å². The lowest BCUT2D eigenvalue weighted by atomic mass is 10.4. The number of likely N-dealkylation sites (N-methyl/N-ethyl adjacent to an activating group) is 2. The molecule has 21 heavy (non-hydrogen) atoms. The van der Waals surface area contributed by atoms with Crippen LogP contribution in [0.4, 0.5) is 5.13 Å². The summed E-state index contributed by atoms with van der Waals surface area (Å²) in [5.74, 6) is 0.0665. The lowest BCUT2D eigenvalue weighted by Crippen LogP contribution is -2.32. The Balaban J connectivity index is 0.00000200. The highest BCUT2D eigenvalue weighted by molar-refractivity contribution is 7.29. The highest BCUT2D eigenvalue weighted by Gasteiger charge is 2.17. The molecule has 0 fully saturated rings. The zero-order chi connectivity index (χ0) is 14.0. The Labute approximate surface area is 145 Å². The molecule has 0 saturated heterocycles. The van der Waals surface area contributed by atoms with E-state index in [0.29, 0.717) is 6.54 Å². The Morgan fingerprint density at radius 2 is 1.95 bits per heavy atom. The van der Waals surface area contributed by atoms with E-state index >= 15 is 0 Å². The first-order valence-corrected chi connectivity index (χ1v) is 7.64. The van der Waals surface area contributed by atoms with Gasteiger partial charge in [-0.05, 0) is 13.1 Å². The van der Waals surface area contributed by atoms with Crippen LogP contribution in [0.5, 0.6) is 0 Å². The van der Waals surface area contributed by atoms with Gasteiger partial charge in [-0.2, -0.15) is 0 Å². The third-order valence-corrected chi connectivity index (χ3v) is 5.03. The van der Waals surface area contributed by atoms with Gasteiger partial charge in [0.2, 0.25) is 0 Å². The summed E-state index contributed by atoms with van der Waals surface area (Å²) in [6.07, 6.45) is 0. The van der Waals surface area contributed by atoms with Crippen molar-refractivity contribution in [2.45, 2.75) is 0 Å². The van der Waals surface area contributed by atoms with Crippen LogP contribution in [0, 0.1) is 0 Å². The van der Waals surface area contributed by atoms with Gasteiger partial charge in [0.15, 0.2) is 5.13 Å². The monoisotopic (exact) mass is 370 g/mol. The summed E-state index contributed by atoms with van der Waals surface area (Å²) in [6, 6.07) is 1.95. The molecule has 0 aliphatic heterocycles. The van der Waals surface area contributed by atoms with Crippen molar-refractivity contribution >= 4 is 68.1 Å². The van der Waals surface area contributed by atoms with E-state index in [1.165, 1.54) is 11.3 Å². The predicted molar refractivity (Wildman–Crippen MR) is 97.2 cm³/mol. The molecular formula is C12H20Cl2N4OS2. The van der Waals surface area contributed by atoms with Crippen molar-refractivity contribution in [3.8, 4) is 0 Å². The number of thiophene rings is 1. The minimum Gasteiger partial charge on any atom is -0.354 e. The minimum absolute atomic E-state index is 0. The topological polar surface area (TPSA) is 48.5 Å². The van der Waals surface area contributed by atoms with Gasteiger partial charge in [-0.25, -0.2) is 4.98 Å². The van der Waals surface area contributed by atoms with Gasteiger partial charge >= 0.3 is 0 Å². The van der Waals surface area contributed by atoms with Crippen LogP contribution in [0.3, 0.4) is 0 Å². The predicted octanol–water partition coefficient (Wildman–Crippen LogP) is 2.56. The van der Waals surface area contributed by atoms with Crippen LogP contribution in [0.2, 0.25) is 0 Å². The average Bonchev–Trinajstić information content (AvgIpc) is 2.92. The first-order chi connectivity index (χ1) is 9.02. The molecule has 2 aromatic heterocycles. The van der Waals surface area contributed by atoms with E-state index in [9.17, 15) is 4.79 Å². The van der Waals surface area contributed by atoms with E-state index in [1.54, 1.807) is 16.2 Å². The number of hydrogen-bond donors (Lipinski definition) is 1. The summed E-state index contributed by atoms with van der Waals surface area (Å²) < 4.78 is 1.08. The minimum atomic E-state index is 0. The van der Waals surface area contributed by atoms with Crippen molar-refractivity contribution in [3.05, 3.63) is 10.9 Å². The second kappa shape index (κ2) is 8.75. The molecule has 2 aromatic rings. The van der Waals surface area contributed by atoms with Crippen LogP contribution in [0.25, 0.3) is 9.53 Å². The number of fused-ring (bicyclic) bond motifs is 1. The van der Waals surface area contributed by atoms with Crippen LogP contribution >= 0.6 is 47.5 Å². The van der Waals surface area contributed by atoms with Crippen LogP contribution in [-0.2, 0) is 0 Å². The van der Waals surface area contributed by atoms with Crippen molar-refractivity contribution in [2.75, 3.05) is 46.2 Å². The molecule has 0 aliphatic carbocycles. The standard InChI is InChI=1S/C12H18N4OS2.2ClH/c1-13-5-6-16(4)11(17)9-7-8-10(18-9)14-12(19-8)15(2)3;;/h7,13H,5-6H2,1-4H3;2*1H. The van der Waals surface area contributed by atoms with E-state index in [0.717, 1.165) is 26.1 Å². The maximum absolute atomic E-state index is 12.2. The van der Waals surface area contributed by atoms with E-state index in [-0.39, 0.29) is 30.7 Å². The summed E-state index contributed by atoms with van der Waals surface area (Å²) in [7, 11) is 7.65. The maximum Gasteiger partial charge on any atom is 0.263 e. The van der Waals surface area contributed by atoms with E-state index in [4.69, 9.17) is 0 Å². The summed E-state index contributed by atoms with van der Waals surface area (Å²) in [5.41, 5.74) is 0. The largest absolute Gasteiger partial charge is 0.354 e. The number of aromatic nitrogens is 1. The maximum atomic E-state index is 12.2. The molecule has 0 spiro atoms. The van der Waals surface area contributed by atoms with Crippen LogP contribution in [-0.4, -0.2) is 57.1 Å². The number of nitrogens with zero attached hydrogens (tertiary/aromatic N) is 3. The molecule has 0 saturated carbocycles. The molecular weight excluding hydrogens is 351 g/mol. The number of halogens is 2. The fourth-order valence-corrected chi connectivity index (χ4v) is 3.72. The Hall–Kier alpha value is -0.600. The lowest BCUT2D eigenvalue weighted by molar-refractivity contribution is 0.0801. The molecule has 0 unspecified atom stereocenters. The molecule has 9 heteroatoms. The van der Waals surface area contributed by atoms with Crippen LogP contribution in [0.15, 0.2) is 6.07 Å². The van der Waals surface area contributed by atoms with Crippen LogP contribution < -0.4 is 10.2 Å². The first-order valence-electron chi connectivity index (χ1n) is 6.00. The van der Waals surface area contributed by atoms with Crippen molar-refractivity contribution < 1.29 is 4.79 Å². The number of thiazole rings is 1. The molecule has 1 N–H and O–H groups in total. The summed E-state index contributed by atoms with van der Waals surface area (Å²) in [5, 5.41) is 4.02. The average molecular weight is 371 g/mol. The number of carbonyl (C=O) groups is 1. The third-order valence-electron chi connectivity index (χ3n) is 2.72. The third kappa shape index (κ3) is 4.69. The fourth-order valence-electron chi connectivity index (χ4n) is 1.59. The Morgan fingerprint density at radius 1 is 1.29 bits per heavy atom. The van der Waals surface area contributed by atoms with Gasteiger partial charge in [0.25, 0.3) is 5.91 Å². The highest BCUT2D eigenvalue weighted by atomic mass is 35.5. The molecule has 1 amide bonds. The molecule has 0 aliphatic rings. The van der Waals surface area contributed by atoms with Gasteiger partial charge in [0.05, 0.1) is 9.58 Å². The Kier molecular flexibility index (Phi) is 8.50. The SMILES string of the molecule is CNCCN(C)C(=O)c1cc2sc(N(C)C)nc2s1.Cl.Cl. The van der Waals surface area contributed by atoms with Crippen molar-refractivity contribution in [2.24, 2.45) is 0 Å². The first kappa shape index (κ1) is 20.4. The molecule has 120 valence electrons. The van der Waals surface area contributed by atoms with Crippen molar-refractivity contribution in [1.82, 2.24) is 15.2 Å². The number of nitrogens with one attached hydrogen (secondary N) is 1. The van der Waals surface area contributed by atoms with Gasteiger partial charge in [-0.15, -0.1) is 36.2 Å². The number of amides is 1. The molecule has 2 rings (SSSR count). The summed E-state index contributed by atoms with van der Waals surface area (Å²) in [6.45, 7) is 1.50. The molecule has 5 nitrogen and oxygen atoms in total. The zero-order valence-corrected chi connectivity index (χ0v) is 15.6. The van der Waals surface area contributed by atoms with Gasteiger partial charge in [0, 0.05) is 34.2 Å². The summed E-state index contributed by atoms with van der Waals surface area (Å²) >= 11 is 3.08. The Bertz CT molecular complexity index is 553. The smallest absolute Gasteiger partial charge is 0.263 e.